The van der Waals surface area contributed by atoms with Crippen LogP contribution in [-0.4, -0.2) is 34.2 Å². The van der Waals surface area contributed by atoms with Crippen molar-refractivity contribution in [2.45, 2.75) is 58.2 Å². The van der Waals surface area contributed by atoms with Crippen molar-refractivity contribution in [2.75, 3.05) is 5.32 Å². The van der Waals surface area contributed by atoms with Crippen LogP contribution < -0.4 is 10.6 Å². The Hall–Kier alpha value is -2.21. The summed E-state index contributed by atoms with van der Waals surface area (Å²) in [5, 5.41) is 4.97. The highest BCUT2D eigenvalue weighted by molar-refractivity contribution is 6.14. The third kappa shape index (κ3) is 2.32. The molecule has 3 aliphatic heterocycles. The number of rotatable bonds is 2. The zero-order chi connectivity index (χ0) is 19.7. The van der Waals surface area contributed by atoms with Crippen LogP contribution in [-0.2, 0) is 19.9 Å². The number of nitrogens with two attached hydrogens (primary N) is 1. The number of carbonyl (C=O) groups is 3. The first kappa shape index (κ1) is 18.2. The second-order valence-corrected chi connectivity index (χ2v) is 9.51. The lowest BCUT2D eigenvalue weighted by Crippen LogP contribution is -2.99. The number of quaternary nitrogens is 1. The predicted molar refractivity (Wildman–Crippen MR) is 101 cm³/mol. The maximum absolute atomic E-state index is 13.5. The molecule has 27 heavy (non-hydrogen) atoms. The van der Waals surface area contributed by atoms with E-state index in [4.69, 9.17) is 0 Å². The number of imide groups is 1. The number of para-hydroxylation sites is 1. The summed E-state index contributed by atoms with van der Waals surface area (Å²) in [6.07, 6.45) is 0.787. The summed E-state index contributed by atoms with van der Waals surface area (Å²) in [6, 6.07) is 7.46. The van der Waals surface area contributed by atoms with Crippen LogP contribution in [0.3, 0.4) is 0 Å². The highest BCUT2D eigenvalue weighted by Gasteiger charge is 2.74. The van der Waals surface area contributed by atoms with E-state index in [0.29, 0.717) is 5.92 Å². The topological polar surface area (TPSA) is 83.1 Å². The van der Waals surface area contributed by atoms with Gasteiger partial charge in [0.05, 0.1) is 5.69 Å². The Balaban J connectivity index is 1.89. The average Bonchev–Trinajstić information content (AvgIpc) is 3.12. The molecular formula is C21H28N3O3+. The fourth-order valence-electron chi connectivity index (χ4n) is 5.34. The number of nitrogens with one attached hydrogen (secondary N) is 1. The first-order valence-electron chi connectivity index (χ1n) is 9.74. The number of likely N-dealkylation sites (tertiary alicyclic amines) is 1. The van der Waals surface area contributed by atoms with Crippen LogP contribution in [0.25, 0.3) is 0 Å². The molecule has 3 amide bonds. The molecule has 0 saturated carbocycles. The van der Waals surface area contributed by atoms with Crippen molar-refractivity contribution in [3.8, 4) is 0 Å². The second-order valence-electron chi connectivity index (χ2n) is 9.51. The van der Waals surface area contributed by atoms with Crippen LogP contribution in [0.15, 0.2) is 24.3 Å². The zero-order valence-corrected chi connectivity index (χ0v) is 16.6. The van der Waals surface area contributed by atoms with Gasteiger partial charge in [-0.25, -0.2) is 0 Å². The summed E-state index contributed by atoms with van der Waals surface area (Å²) >= 11 is 0. The standard InChI is InChI=1S/C21H27N3O3/c1-11(2)10-14-15-16(18(26)24(17(15)25)20(3,4)5)21(23-14)12-8-6-7-9-13(12)22-19(21)27/h6-9,11,14-16,23H,10H2,1-5H3,(H,22,27)/p+1/t14-,15+,16-,21+/m0/s1. The van der Waals surface area contributed by atoms with Crippen LogP contribution in [0.1, 0.15) is 46.6 Å². The Kier molecular flexibility index (Phi) is 3.80. The predicted octanol–water partition coefficient (Wildman–Crippen LogP) is 1.23. The molecule has 1 aromatic rings. The quantitative estimate of drug-likeness (QED) is 0.768. The van der Waals surface area contributed by atoms with Crippen molar-refractivity contribution < 1.29 is 19.7 Å². The minimum atomic E-state index is -1.05. The number of hydrogen-bond acceptors (Lipinski definition) is 3. The first-order chi connectivity index (χ1) is 12.6. The molecule has 0 radical (unpaired) electrons. The molecule has 6 heteroatoms. The van der Waals surface area contributed by atoms with Crippen molar-refractivity contribution >= 4 is 23.4 Å². The van der Waals surface area contributed by atoms with Gasteiger partial charge in [0.1, 0.15) is 17.9 Å². The minimum Gasteiger partial charge on any atom is -0.326 e. The van der Waals surface area contributed by atoms with E-state index < -0.39 is 22.9 Å². The van der Waals surface area contributed by atoms with Gasteiger partial charge in [-0.1, -0.05) is 32.0 Å². The maximum atomic E-state index is 13.5. The second kappa shape index (κ2) is 5.64. The van der Waals surface area contributed by atoms with Crippen LogP contribution in [0.2, 0.25) is 0 Å². The van der Waals surface area contributed by atoms with Gasteiger partial charge in [-0.15, -0.1) is 0 Å². The lowest BCUT2D eigenvalue weighted by molar-refractivity contribution is -0.734. The van der Waals surface area contributed by atoms with Gasteiger partial charge in [0.15, 0.2) is 0 Å². The number of fused-ring (bicyclic) bond motifs is 4. The molecule has 4 rings (SSSR count). The van der Waals surface area contributed by atoms with Crippen molar-refractivity contribution in [1.82, 2.24) is 4.90 Å². The van der Waals surface area contributed by atoms with Crippen molar-refractivity contribution in [2.24, 2.45) is 17.8 Å². The number of nitrogens with zero attached hydrogens (tertiary/aromatic N) is 1. The Morgan fingerprint density at radius 2 is 1.81 bits per heavy atom. The Morgan fingerprint density at radius 1 is 1.15 bits per heavy atom. The van der Waals surface area contributed by atoms with Gasteiger partial charge in [0.2, 0.25) is 17.4 Å². The number of amides is 3. The molecule has 3 N–H and O–H groups in total. The van der Waals surface area contributed by atoms with E-state index in [9.17, 15) is 14.4 Å². The SMILES string of the molecule is CC(C)C[C@@H]1[NH2+][C@@]2(C(=O)Nc3ccccc32)[C@@H]2C(=O)N(C(C)(C)C)C(=O)[C@H]12. The molecule has 6 nitrogen and oxygen atoms in total. The fourth-order valence-corrected chi connectivity index (χ4v) is 5.34. The normalized spacial score (nSPS) is 32.4. The summed E-state index contributed by atoms with van der Waals surface area (Å²) in [4.78, 5) is 41.5. The van der Waals surface area contributed by atoms with E-state index in [1.165, 1.54) is 4.90 Å². The third-order valence-electron chi connectivity index (χ3n) is 6.19. The number of carbonyl (C=O) groups excluding carboxylic acids is 3. The molecular weight excluding hydrogens is 342 g/mol. The molecule has 1 spiro atoms. The summed E-state index contributed by atoms with van der Waals surface area (Å²) in [5.41, 5.74) is -0.0742. The third-order valence-corrected chi connectivity index (χ3v) is 6.19. The lowest BCUT2D eigenvalue weighted by Gasteiger charge is -2.33. The number of benzene rings is 1. The Labute approximate surface area is 159 Å². The van der Waals surface area contributed by atoms with Gasteiger partial charge in [-0.3, -0.25) is 19.3 Å². The minimum absolute atomic E-state index is 0.0873. The van der Waals surface area contributed by atoms with Gasteiger partial charge in [-0.05, 0) is 32.8 Å². The smallest absolute Gasteiger partial charge is 0.291 e. The van der Waals surface area contributed by atoms with Crippen LogP contribution in [0.4, 0.5) is 5.69 Å². The highest BCUT2D eigenvalue weighted by atomic mass is 16.2. The number of anilines is 1. The summed E-state index contributed by atoms with van der Waals surface area (Å²) in [6.45, 7) is 9.85. The van der Waals surface area contributed by atoms with Crippen molar-refractivity contribution in [3.63, 3.8) is 0 Å². The first-order valence-corrected chi connectivity index (χ1v) is 9.74. The summed E-state index contributed by atoms with van der Waals surface area (Å²) in [5.74, 6) is -1.27. The van der Waals surface area contributed by atoms with E-state index in [1.807, 2.05) is 50.4 Å². The van der Waals surface area contributed by atoms with E-state index >= 15 is 0 Å². The van der Waals surface area contributed by atoms with Gasteiger partial charge < -0.3 is 10.6 Å². The van der Waals surface area contributed by atoms with Crippen molar-refractivity contribution in [3.05, 3.63) is 29.8 Å². The molecule has 3 aliphatic rings. The van der Waals surface area contributed by atoms with Gasteiger partial charge in [0.25, 0.3) is 5.91 Å². The van der Waals surface area contributed by atoms with Gasteiger partial charge >= 0.3 is 0 Å². The molecule has 0 unspecified atom stereocenters. The van der Waals surface area contributed by atoms with E-state index in [1.54, 1.807) is 0 Å². The van der Waals surface area contributed by atoms with Crippen LogP contribution in [0.5, 0.6) is 0 Å². The zero-order valence-electron chi connectivity index (χ0n) is 16.6. The maximum Gasteiger partial charge on any atom is 0.291 e. The Bertz CT molecular complexity index is 841. The Morgan fingerprint density at radius 3 is 2.44 bits per heavy atom. The highest BCUT2D eigenvalue weighted by Crippen LogP contribution is 2.50. The van der Waals surface area contributed by atoms with Crippen LogP contribution in [0, 0.1) is 17.8 Å². The van der Waals surface area contributed by atoms with Gasteiger partial charge in [-0.2, -0.15) is 0 Å². The molecule has 1 aromatic carbocycles. The molecule has 4 atom stereocenters. The van der Waals surface area contributed by atoms with Crippen LogP contribution >= 0.6 is 0 Å². The summed E-state index contributed by atoms with van der Waals surface area (Å²) < 4.78 is 0. The monoisotopic (exact) mass is 370 g/mol. The largest absolute Gasteiger partial charge is 0.326 e. The van der Waals surface area contributed by atoms with Crippen molar-refractivity contribution in [1.29, 1.82) is 0 Å². The molecule has 0 bridgehead atoms. The average molecular weight is 370 g/mol. The van der Waals surface area contributed by atoms with E-state index in [-0.39, 0.29) is 23.8 Å². The molecule has 0 aliphatic carbocycles. The van der Waals surface area contributed by atoms with E-state index in [0.717, 1.165) is 17.7 Å². The van der Waals surface area contributed by atoms with E-state index in [2.05, 4.69) is 19.2 Å². The molecule has 0 aromatic heterocycles. The fraction of sp³-hybridized carbons (Fsp3) is 0.571. The van der Waals surface area contributed by atoms with Gasteiger partial charge in [0, 0.05) is 17.5 Å². The molecule has 2 saturated heterocycles. The molecule has 3 heterocycles. The molecule has 2 fully saturated rings. The molecule has 144 valence electrons. The number of hydrogen-bond donors (Lipinski definition) is 2. The summed E-state index contributed by atoms with van der Waals surface area (Å²) in [7, 11) is 0. The lowest BCUT2D eigenvalue weighted by atomic mass is 9.76.